The Hall–Kier alpha value is -1.29. The third-order valence-electron chi connectivity index (χ3n) is 3.06. The van der Waals surface area contributed by atoms with Gasteiger partial charge in [0.25, 0.3) is 0 Å². The van der Waals surface area contributed by atoms with Crippen molar-refractivity contribution < 1.29 is 14.3 Å². The van der Waals surface area contributed by atoms with Gasteiger partial charge in [0.1, 0.15) is 0 Å². The Kier molecular flexibility index (Phi) is 3.01. The number of dihydropyridines is 1. The lowest BCUT2D eigenvalue weighted by molar-refractivity contribution is -0.145. The summed E-state index contributed by atoms with van der Waals surface area (Å²) >= 11 is 0. The van der Waals surface area contributed by atoms with Crippen LogP contribution in [-0.2, 0) is 14.3 Å². The van der Waals surface area contributed by atoms with Gasteiger partial charge in [0.05, 0.1) is 13.2 Å². The summed E-state index contributed by atoms with van der Waals surface area (Å²) in [5.41, 5.74) is 0.343. The van der Waals surface area contributed by atoms with Gasteiger partial charge in [-0.2, -0.15) is 0 Å². The highest BCUT2D eigenvalue weighted by Gasteiger charge is 2.33. The number of carbonyl (C=O) groups is 1. The first-order valence-electron chi connectivity index (χ1n) is 5.53. The lowest BCUT2D eigenvalue weighted by Crippen LogP contribution is -2.47. The number of hydrogen-bond acceptors (Lipinski definition) is 4. The number of rotatable bonds is 2. The maximum absolute atomic E-state index is 11.5. The summed E-state index contributed by atoms with van der Waals surface area (Å²) < 4.78 is 10.3. The highest BCUT2D eigenvalue weighted by molar-refractivity contribution is 5.83. The molecule has 2 unspecified atom stereocenters. The van der Waals surface area contributed by atoms with Crippen molar-refractivity contribution in [2.45, 2.75) is 31.4 Å². The van der Waals surface area contributed by atoms with Crippen molar-refractivity contribution in [3.63, 3.8) is 0 Å². The molecule has 0 spiro atoms. The molecule has 0 aromatic rings. The molecule has 0 aromatic heterocycles. The predicted molar refractivity (Wildman–Crippen MR) is 59.8 cm³/mol. The highest BCUT2D eigenvalue weighted by atomic mass is 16.5. The summed E-state index contributed by atoms with van der Waals surface area (Å²) in [5.74, 6) is -0.286. The van der Waals surface area contributed by atoms with Crippen LogP contribution >= 0.6 is 0 Å². The molecule has 4 heteroatoms. The SMILES string of the molecule is COC(=O)C1(C)C=CC(C2CCCO2)=CN1. The third-order valence-corrected chi connectivity index (χ3v) is 3.06. The standard InChI is InChI=1S/C12H17NO3/c1-12(11(14)15-2)6-5-9(8-13-12)10-4-3-7-16-10/h5-6,8,10,13H,3-4,7H2,1-2H3. The summed E-state index contributed by atoms with van der Waals surface area (Å²) in [6, 6.07) is 0. The van der Waals surface area contributed by atoms with Gasteiger partial charge in [0.2, 0.25) is 0 Å². The molecule has 2 aliphatic rings. The molecule has 16 heavy (non-hydrogen) atoms. The Morgan fingerprint density at radius 1 is 1.69 bits per heavy atom. The smallest absolute Gasteiger partial charge is 0.335 e. The topological polar surface area (TPSA) is 47.6 Å². The van der Waals surface area contributed by atoms with Gasteiger partial charge < -0.3 is 14.8 Å². The number of esters is 1. The molecule has 0 saturated carbocycles. The third kappa shape index (κ3) is 1.97. The maximum Gasteiger partial charge on any atom is 0.335 e. The van der Waals surface area contributed by atoms with E-state index in [-0.39, 0.29) is 12.1 Å². The van der Waals surface area contributed by atoms with Gasteiger partial charge in [0.15, 0.2) is 5.54 Å². The molecule has 88 valence electrons. The van der Waals surface area contributed by atoms with Crippen LogP contribution < -0.4 is 5.32 Å². The van der Waals surface area contributed by atoms with Crippen LogP contribution in [0.5, 0.6) is 0 Å². The number of methoxy groups -OCH3 is 1. The highest BCUT2D eigenvalue weighted by Crippen LogP contribution is 2.24. The largest absolute Gasteiger partial charge is 0.467 e. The Morgan fingerprint density at radius 3 is 3.00 bits per heavy atom. The fraction of sp³-hybridized carbons (Fsp3) is 0.583. The molecule has 1 fully saturated rings. The van der Waals surface area contributed by atoms with E-state index in [1.54, 1.807) is 6.92 Å². The molecule has 2 rings (SSSR count). The van der Waals surface area contributed by atoms with E-state index >= 15 is 0 Å². The average Bonchev–Trinajstić information content (AvgIpc) is 2.82. The monoisotopic (exact) mass is 223 g/mol. The molecule has 2 aliphatic heterocycles. The summed E-state index contributed by atoms with van der Waals surface area (Å²) in [4.78, 5) is 11.5. The van der Waals surface area contributed by atoms with Crippen molar-refractivity contribution in [1.82, 2.24) is 5.32 Å². The zero-order valence-corrected chi connectivity index (χ0v) is 9.66. The minimum absolute atomic E-state index is 0.172. The van der Waals surface area contributed by atoms with Crippen molar-refractivity contribution in [1.29, 1.82) is 0 Å². The Morgan fingerprint density at radius 2 is 2.50 bits per heavy atom. The van der Waals surface area contributed by atoms with Gasteiger partial charge in [0, 0.05) is 12.8 Å². The lowest BCUT2D eigenvalue weighted by Gasteiger charge is -2.28. The molecule has 4 nitrogen and oxygen atoms in total. The van der Waals surface area contributed by atoms with Gasteiger partial charge in [-0.15, -0.1) is 0 Å². The van der Waals surface area contributed by atoms with E-state index < -0.39 is 5.54 Å². The zero-order valence-electron chi connectivity index (χ0n) is 9.66. The van der Waals surface area contributed by atoms with E-state index in [1.807, 2.05) is 18.4 Å². The van der Waals surface area contributed by atoms with Gasteiger partial charge in [-0.3, -0.25) is 0 Å². The first-order valence-corrected chi connectivity index (χ1v) is 5.53. The van der Waals surface area contributed by atoms with Crippen molar-refractivity contribution in [3.05, 3.63) is 23.9 Å². The normalized spacial score (nSPS) is 33.1. The van der Waals surface area contributed by atoms with Crippen LogP contribution in [0.3, 0.4) is 0 Å². The molecule has 1 N–H and O–H groups in total. The van der Waals surface area contributed by atoms with E-state index in [0.29, 0.717) is 0 Å². The minimum Gasteiger partial charge on any atom is -0.467 e. The van der Waals surface area contributed by atoms with Crippen LogP contribution in [0.1, 0.15) is 19.8 Å². The Bertz CT molecular complexity index is 342. The Balaban J connectivity index is 2.05. The molecule has 2 atom stereocenters. The van der Waals surface area contributed by atoms with Gasteiger partial charge in [-0.1, -0.05) is 6.08 Å². The summed E-state index contributed by atoms with van der Waals surface area (Å²) in [6.07, 6.45) is 7.95. The average molecular weight is 223 g/mol. The van der Waals surface area contributed by atoms with E-state index in [2.05, 4.69) is 5.32 Å². The molecular formula is C12H17NO3. The second-order valence-electron chi connectivity index (χ2n) is 4.32. The molecule has 0 bridgehead atoms. The second-order valence-corrected chi connectivity index (χ2v) is 4.32. The van der Waals surface area contributed by atoms with Crippen LogP contribution in [0.25, 0.3) is 0 Å². The molecule has 0 radical (unpaired) electrons. The van der Waals surface area contributed by atoms with Crippen LogP contribution in [0.4, 0.5) is 0 Å². The minimum atomic E-state index is -0.753. The van der Waals surface area contributed by atoms with E-state index in [0.717, 1.165) is 25.0 Å². The van der Waals surface area contributed by atoms with Gasteiger partial charge in [-0.25, -0.2) is 4.79 Å². The van der Waals surface area contributed by atoms with Crippen molar-refractivity contribution in [3.8, 4) is 0 Å². The maximum atomic E-state index is 11.5. The van der Waals surface area contributed by atoms with E-state index in [4.69, 9.17) is 9.47 Å². The molecular weight excluding hydrogens is 206 g/mol. The molecule has 0 aromatic carbocycles. The molecule has 2 heterocycles. The van der Waals surface area contributed by atoms with Gasteiger partial charge >= 0.3 is 5.97 Å². The number of hydrogen-bond donors (Lipinski definition) is 1. The first-order chi connectivity index (χ1) is 7.65. The molecule has 0 aliphatic carbocycles. The number of ether oxygens (including phenoxy) is 2. The van der Waals surface area contributed by atoms with E-state index in [1.165, 1.54) is 7.11 Å². The first kappa shape index (κ1) is 11.2. The summed E-state index contributed by atoms with van der Waals surface area (Å²) in [5, 5.41) is 3.07. The summed E-state index contributed by atoms with van der Waals surface area (Å²) in [6.45, 7) is 2.61. The van der Waals surface area contributed by atoms with Gasteiger partial charge in [-0.05, 0) is 31.4 Å². The van der Waals surface area contributed by atoms with Crippen molar-refractivity contribution in [2.24, 2.45) is 0 Å². The fourth-order valence-corrected chi connectivity index (χ4v) is 1.97. The summed E-state index contributed by atoms with van der Waals surface area (Å²) in [7, 11) is 1.39. The molecule has 0 amide bonds. The number of nitrogens with one attached hydrogen (secondary N) is 1. The van der Waals surface area contributed by atoms with E-state index in [9.17, 15) is 4.79 Å². The number of carbonyl (C=O) groups excluding carboxylic acids is 1. The van der Waals surface area contributed by atoms with Crippen molar-refractivity contribution in [2.75, 3.05) is 13.7 Å². The second kappa shape index (κ2) is 4.29. The zero-order chi connectivity index (χ0) is 11.6. The van der Waals surface area contributed by atoms with Crippen LogP contribution in [0.2, 0.25) is 0 Å². The fourth-order valence-electron chi connectivity index (χ4n) is 1.97. The lowest BCUT2D eigenvalue weighted by atomic mass is 9.95. The van der Waals surface area contributed by atoms with Crippen LogP contribution in [0.15, 0.2) is 23.9 Å². The van der Waals surface area contributed by atoms with Crippen LogP contribution in [-0.4, -0.2) is 31.3 Å². The Labute approximate surface area is 95.3 Å². The predicted octanol–water partition coefficient (Wildman–Crippen LogP) is 1.14. The molecule has 1 saturated heterocycles. The van der Waals surface area contributed by atoms with Crippen LogP contribution in [0, 0.1) is 0 Å². The van der Waals surface area contributed by atoms with Crippen molar-refractivity contribution >= 4 is 5.97 Å². The quantitative estimate of drug-likeness (QED) is 0.713.